The fourth-order valence-corrected chi connectivity index (χ4v) is 3.55. The van der Waals surface area contributed by atoms with Crippen LogP contribution in [0.3, 0.4) is 0 Å². The lowest BCUT2D eigenvalue weighted by Gasteiger charge is -2.22. The zero-order chi connectivity index (χ0) is 14.5. The summed E-state index contributed by atoms with van der Waals surface area (Å²) in [5.74, 6) is 0.852. The van der Waals surface area contributed by atoms with E-state index in [9.17, 15) is 0 Å². The van der Waals surface area contributed by atoms with Crippen LogP contribution in [-0.2, 0) is 13.1 Å². The van der Waals surface area contributed by atoms with E-state index in [1.807, 2.05) is 0 Å². The van der Waals surface area contributed by atoms with Gasteiger partial charge in [0.25, 0.3) is 0 Å². The molecule has 3 nitrogen and oxygen atoms in total. The van der Waals surface area contributed by atoms with E-state index >= 15 is 0 Å². The third kappa shape index (κ3) is 3.47. The summed E-state index contributed by atoms with van der Waals surface area (Å²) in [5, 5.41) is 13.5. The quantitative estimate of drug-likeness (QED) is 0.800. The summed E-state index contributed by atoms with van der Waals surface area (Å²) in [6.45, 7) is 2.83. The lowest BCUT2D eigenvalue weighted by atomic mass is 9.89. The van der Waals surface area contributed by atoms with Crippen LogP contribution in [0.1, 0.15) is 37.7 Å². The van der Waals surface area contributed by atoms with Gasteiger partial charge in [0, 0.05) is 36.7 Å². The fourth-order valence-electron chi connectivity index (χ4n) is 3.55. The molecule has 2 aromatic rings. The Labute approximate surface area is 127 Å². The third-order valence-corrected chi connectivity index (χ3v) is 4.69. The van der Waals surface area contributed by atoms with Gasteiger partial charge in [0.1, 0.15) is 0 Å². The van der Waals surface area contributed by atoms with E-state index in [1.165, 1.54) is 48.6 Å². The maximum absolute atomic E-state index is 8.88. The highest BCUT2D eigenvalue weighted by molar-refractivity contribution is 5.83. The number of aromatic nitrogens is 1. The normalized spacial score (nSPS) is 16.6. The zero-order valence-electron chi connectivity index (χ0n) is 12.7. The molecule has 1 aromatic carbocycles. The molecule has 0 aliphatic heterocycles. The lowest BCUT2D eigenvalue weighted by molar-refractivity contribution is 0.292. The van der Waals surface area contributed by atoms with E-state index < -0.39 is 0 Å². The minimum atomic E-state index is 0.193. The third-order valence-electron chi connectivity index (χ3n) is 4.69. The maximum Gasteiger partial charge on any atom is 0.0556 e. The van der Waals surface area contributed by atoms with Crippen molar-refractivity contribution in [1.82, 2.24) is 9.88 Å². The van der Waals surface area contributed by atoms with Gasteiger partial charge in [-0.3, -0.25) is 0 Å². The molecule has 1 heterocycles. The van der Waals surface area contributed by atoms with Gasteiger partial charge in [0.05, 0.1) is 6.61 Å². The molecule has 0 bridgehead atoms. The van der Waals surface area contributed by atoms with Crippen molar-refractivity contribution in [3.8, 4) is 0 Å². The van der Waals surface area contributed by atoms with Crippen molar-refractivity contribution in [2.24, 2.45) is 5.92 Å². The van der Waals surface area contributed by atoms with Crippen molar-refractivity contribution >= 4 is 10.9 Å². The molecule has 0 spiro atoms. The second-order valence-electron chi connectivity index (χ2n) is 6.22. The molecule has 21 heavy (non-hydrogen) atoms. The van der Waals surface area contributed by atoms with E-state index in [2.05, 4.69) is 40.3 Å². The number of benzene rings is 1. The molecule has 1 aliphatic rings. The van der Waals surface area contributed by atoms with Gasteiger partial charge in [0.15, 0.2) is 0 Å². The van der Waals surface area contributed by atoms with Gasteiger partial charge < -0.3 is 15.0 Å². The highest BCUT2D eigenvalue weighted by Gasteiger charge is 2.15. The smallest absolute Gasteiger partial charge is 0.0556 e. The molecule has 1 aliphatic carbocycles. The van der Waals surface area contributed by atoms with E-state index in [0.717, 1.165) is 19.0 Å². The molecule has 3 rings (SSSR count). The van der Waals surface area contributed by atoms with Crippen molar-refractivity contribution in [1.29, 1.82) is 0 Å². The first-order valence-corrected chi connectivity index (χ1v) is 8.27. The van der Waals surface area contributed by atoms with E-state index in [4.69, 9.17) is 5.11 Å². The average Bonchev–Trinajstić information content (AvgIpc) is 2.93. The van der Waals surface area contributed by atoms with Crippen LogP contribution in [0.25, 0.3) is 10.9 Å². The predicted octanol–water partition coefficient (Wildman–Crippen LogP) is 3.30. The number of hydrogen-bond acceptors (Lipinski definition) is 2. The summed E-state index contributed by atoms with van der Waals surface area (Å²) in [5.41, 5.74) is 2.67. The van der Waals surface area contributed by atoms with Crippen LogP contribution >= 0.6 is 0 Å². The Hall–Kier alpha value is -1.32. The summed E-state index contributed by atoms with van der Waals surface area (Å²) < 4.78 is 2.43. The Morgan fingerprint density at radius 2 is 2.00 bits per heavy atom. The first kappa shape index (κ1) is 14.6. The van der Waals surface area contributed by atoms with Gasteiger partial charge >= 0.3 is 0 Å². The van der Waals surface area contributed by atoms with Crippen LogP contribution < -0.4 is 5.32 Å². The van der Waals surface area contributed by atoms with Gasteiger partial charge in [-0.15, -0.1) is 0 Å². The second kappa shape index (κ2) is 7.10. The molecule has 3 heteroatoms. The van der Waals surface area contributed by atoms with Crippen LogP contribution in [0.4, 0.5) is 0 Å². The van der Waals surface area contributed by atoms with Crippen LogP contribution in [0, 0.1) is 5.92 Å². The molecule has 114 valence electrons. The van der Waals surface area contributed by atoms with Gasteiger partial charge in [-0.25, -0.2) is 0 Å². The molecule has 0 amide bonds. The highest BCUT2D eigenvalue weighted by Crippen LogP contribution is 2.27. The molecule has 2 N–H and O–H groups in total. The summed E-state index contributed by atoms with van der Waals surface area (Å²) in [7, 11) is 0. The van der Waals surface area contributed by atoms with E-state index in [0.29, 0.717) is 6.54 Å². The number of nitrogens with one attached hydrogen (secondary N) is 1. The van der Waals surface area contributed by atoms with Gasteiger partial charge in [-0.2, -0.15) is 0 Å². The Balaban J connectivity index is 1.76. The average molecular weight is 286 g/mol. The monoisotopic (exact) mass is 286 g/mol. The highest BCUT2D eigenvalue weighted by atomic mass is 16.3. The molecule has 0 atom stereocenters. The minimum absolute atomic E-state index is 0.193. The minimum Gasteiger partial charge on any atom is -0.395 e. The Kier molecular flexibility index (Phi) is 4.94. The number of nitrogens with zero attached hydrogens (tertiary/aromatic N) is 1. The second-order valence-corrected chi connectivity index (χ2v) is 6.22. The van der Waals surface area contributed by atoms with Crippen LogP contribution in [0.5, 0.6) is 0 Å². The zero-order valence-corrected chi connectivity index (χ0v) is 12.7. The molecule has 1 fully saturated rings. The van der Waals surface area contributed by atoms with Crippen molar-refractivity contribution in [3.05, 3.63) is 36.0 Å². The maximum atomic E-state index is 8.88. The summed E-state index contributed by atoms with van der Waals surface area (Å²) >= 11 is 0. The Morgan fingerprint density at radius 3 is 2.81 bits per heavy atom. The molecule has 1 saturated carbocycles. The Bertz CT molecular complexity index is 570. The van der Waals surface area contributed by atoms with Crippen LogP contribution in [0.15, 0.2) is 30.5 Å². The van der Waals surface area contributed by atoms with E-state index in [1.54, 1.807) is 0 Å². The summed E-state index contributed by atoms with van der Waals surface area (Å²) in [6.07, 6.45) is 9.24. The van der Waals surface area contributed by atoms with Crippen molar-refractivity contribution in [3.63, 3.8) is 0 Å². The lowest BCUT2D eigenvalue weighted by Crippen LogP contribution is -2.17. The number of rotatable bonds is 6. The summed E-state index contributed by atoms with van der Waals surface area (Å²) in [6, 6.07) is 8.80. The molecule has 0 radical (unpaired) electrons. The van der Waals surface area contributed by atoms with Gasteiger partial charge in [-0.1, -0.05) is 31.4 Å². The van der Waals surface area contributed by atoms with Gasteiger partial charge in [0.2, 0.25) is 0 Å². The first-order chi connectivity index (χ1) is 10.4. The molecular weight excluding hydrogens is 260 g/mol. The Morgan fingerprint density at radius 1 is 1.14 bits per heavy atom. The van der Waals surface area contributed by atoms with Gasteiger partial charge in [-0.05, 0) is 36.5 Å². The predicted molar refractivity (Wildman–Crippen MR) is 87.3 cm³/mol. The van der Waals surface area contributed by atoms with Crippen molar-refractivity contribution < 1.29 is 5.11 Å². The number of aliphatic hydroxyl groups is 1. The standard InChI is InChI=1S/C18H26N2O/c21-12-10-19-13-16-7-4-8-18-17(16)9-11-20(18)14-15-5-2-1-3-6-15/h4,7-9,11,15,19,21H,1-3,5-6,10,12-14H2. The molecule has 0 unspecified atom stereocenters. The molecule has 1 aromatic heterocycles. The molecule has 0 saturated heterocycles. The first-order valence-electron chi connectivity index (χ1n) is 8.27. The number of hydrogen-bond donors (Lipinski definition) is 2. The van der Waals surface area contributed by atoms with Crippen molar-refractivity contribution in [2.75, 3.05) is 13.2 Å². The molecular formula is C18H26N2O. The SMILES string of the molecule is OCCNCc1cccc2c1ccn2CC1CCCCC1. The van der Waals surface area contributed by atoms with Crippen LogP contribution in [-0.4, -0.2) is 22.8 Å². The topological polar surface area (TPSA) is 37.2 Å². The number of aliphatic hydroxyl groups excluding tert-OH is 1. The van der Waals surface area contributed by atoms with E-state index in [-0.39, 0.29) is 6.61 Å². The fraction of sp³-hybridized carbons (Fsp3) is 0.556. The number of fused-ring (bicyclic) bond motifs is 1. The van der Waals surface area contributed by atoms with Crippen molar-refractivity contribution in [2.45, 2.75) is 45.2 Å². The largest absolute Gasteiger partial charge is 0.395 e. The summed E-state index contributed by atoms with van der Waals surface area (Å²) in [4.78, 5) is 0. The van der Waals surface area contributed by atoms with Crippen LogP contribution in [0.2, 0.25) is 0 Å².